The summed E-state index contributed by atoms with van der Waals surface area (Å²) in [7, 11) is 0. The van der Waals surface area contributed by atoms with E-state index in [4.69, 9.17) is 11.2 Å². The second-order valence-corrected chi connectivity index (χ2v) is 4.85. The highest BCUT2D eigenvalue weighted by atomic mass is 16.5. The van der Waals surface area contributed by atoms with Crippen LogP contribution in [0.3, 0.4) is 0 Å². The molecule has 2 N–H and O–H groups in total. The predicted octanol–water partition coefficient (Wildman–Crippen LogP) is 1.69. The number of terminal acetylenes is 1. The van der Waals surface area contributed by atoms with Gasteiger partial charge in [0.2, 0.25) is 5.91 Å². The van der Waals surface area contributed by atoms with Gasteiger partial charge in [0.05, 0.1) is 6.54 Å². The van der Waals surface area contributed by atoms with Crippen molar-refractivity contribution in [3.05, 3.63) is 35.9 Å². The van der Waals surface area contributed by atoms with Crippen molar-refractivity contribution in [3.63, 3.8) is 0 Å². The molecule has 2 amide bonds. The summed E-state index contributed by atoms with van der Waals surface area (Å²) in [6, 6.07) is 8.64. The summed E-state index contributed by atoms with van der Waals surface area (Å²) in [5.41, 5.74) is 0.880. The van der Waals surface area contributed by atoms with Crippen molar-refractivity contribution in [1.29, 1.82) is 0 Å². The van der Waals surface area contributed by atoms with Crippen LogP contribution in [0.15, 0.2) is 30.3 Å². The lowest BCUT2D eigenvalue weighted by atomic mass is 10.0. The highest BCUT2D eigenvalue weighted by Gasteiger charge is 2.24. The first kappa shape index (κ1) is 16.6. The van der Waals surface area contributed by atoms with Crippen LogP contribution < -0.4 is 10.6 Å². The van der Waals surface area contributed by atoms with Gasteiger partial charge >= 0.3 is 6.09 Å². The maximum Gasteiger partial charge on any atom is 0.408 e. The number of alkyl carbamates (subject to hydrolysis) is 1. The van der Waals surface area contributed by atoms with Gasteiger partial charge in [-0.2, -0.15) is 0 Å². The number of carbonyl (C=O) groups excluding carboxylic acids is 2. The van der Waals surface area contributed by atoms with Crippen molar-refractivity contribution >= 4 is 12.0 Å². The molecule has 5 nitrogen and oxygen atoms in total. The fourth-order valence-corrected chi connectivity index (χ4v) is 1.67. The average Bonchev–Trinajstić information content (AvgIpc) is 2.49. The zero-order valence-electron chi connectivity index (χ0n) is 12.3. The van der Waals surface area contributed by atoms with Crippen molar-refractivity contribution in [2.75, 3.05) is 6.54 Å². The first-order chi connectivity index (χ1) is 10.0. The van der Waals surface area contributed by atoms with E-state index in [0.717, 1.165) is 5.56 Å². The third kappa shape index (κ3) is 6.00. The summed E-state index contributed by atoms with van der Waals surface area (Å²) in [6.45, 7) is 3.95. The molecule has 0 radical (unpaired) electrons. The second-order valence-electron chi connectivity index (χ2n) is 4.85. The van der Waals surface area contributed by atoms with E-state index in [2.05, 4.69) is 16.6 Å². The third-order valence-electron chi connectivity index (χ3n) is 2.80. The van der Waals surface area contributed by atoms with E-state index in [-0.39, 0.29) is 25.0 Å². The van der Waals surface area contributed by atoms with Gasteiger partial charge in [-0.25, -0.2) is 4.79 Å². The molecular formula is C16H20N2O3. The predicted molar refractivity (Wildman–Crippen MR) is 80.2 cm³/mol. The summed E-state index contributed by atoms with van der Waals surface area (Å²) in [6.07, 6.45) is 4.46. The van der Waals surface area contributed by atoms with Crippen LogP contribution in [-0.4, -0.2) is 24.6 Å². The first-order valence-electron chi connectivity index (χ1n) is 6.73. The standard InChI is InChI=1S/C16H20N2O3/c1-4-10-17-15(19)14(12(2)3)18-16(20)21-11-13-8-6-5-7-9-13/h1,5-9,12,14H,10-11H2,2-3H3,(H,17,19)(H,18,20)/t14-/m0/s1. The Hall–Kier alpha value is -2.48. The molecule has 0 aliphatic rings. The molecule has 0 saturated carbocycles. The molecule has 1 aromatic carbocycles. The third-order valence-corrected chi connectivity index (χ3v) is 2.80. The van der Waals surface area contributed by atoms with Crippen LogP contribution in [0.1, 0.15) is 19.4 Å². The van der Waals surface area contributed by atoms with Crippen LogP contribution in [0.25, 0.3) is 0 Å². The lowest BCUT2D eigenvalue weighted by molar-refractivity contribution is -0.123. The smallest absolute Gasteiger partial charge is 0.408 e. The Balaban J connectivity index is 2.49. The van der Waals surface area contributed by atoms with Crippen LogP contribution in [0.4, 0.5) is 4.79 Å². The van der Waals surface area contributed by atoms with Crippen molar-refractivity contribution in [2.45, 2.75) is 26.5 Å². The minimum Gasteiger partial charge on any atom is -0.445 e. The number of hydrogen-bond acceptors (Lipinski definition) is 3. The molecule has 0 unspecified atom stereocenters. The van der Waals surface area contributed by atoms with Gasteiger partial charge in [-0.1, -0.05) is 50.1 Å². The van der Waals surface area contributed by atoms with Crippen LogP contribution in [0, 0.1) is 18.3 Å². The fraction of sp³-hybridized carbons (Fsp3) is 0.375. The van der Waals surface area contributed by atoms with Gasteiger partial charge < -0.3 is 15.4 Å². The Morgan fingerprint density at radius 2 is 1.95 bits per heavy atom. The van der Waals surface area contributed by atoms with E-state index in [1.807, 2.05) is 44.2 Å². The van der Waals surface area contributed by atoms with Crippen molar-refractivity contribution in [1.82, 2.24) is 10.6 Å². The van der Waals surface area contributed by atoms with Gasteiger partial charge in [0.15, 0.2) is 0 Å². The molecule has 21 heavy (non-hydrogen) atoms. The van der Waals surface area contributed by atoms with E-state index in [0.29, 0.717) is 0 Å². The highest BCUT2D eigenvalue weighted by molar-refractivity contribution is 5.86. The minimum atomic E-state index is -0.679. The molecule has 5 heteroatoms. The molecular weight excluding hydrogens is 268 g/mol. The molecule has 0 heterocycles. The van der Waals surface area contributed by atoms with Gasteiger partial charge in [0, 0.05) is 0 Å². The lowest BCUT2D eigenvalue weighted by Crippen LogP contribution is -2.49. The fourth-order valence-electron chi connectivity index (χ4n) is 1.67. The Morgan fingerprint density at radius 1 is 1.29 bits per heavy atom. The molecule has 0 fully saturated rings. The monoisotopic (exact) mass is 288 g/mol. The van der Waals surface area contributed by atoms with Crippen molar-refractivity contribution in [2.24, 2.45) is 5.92 Å². The summed E-state index contributed by atoms with van der Waals surface area (Å²) in [5, 5.41) is 5.10. The van der Waals surface area contributed by atoms with E-state index in [1.54, 1.807) is 0 Å². The van der Waals surface area contributed by atoms with Gasteiger partial charge in [-0.05, 0) is 11.5 Å². The van der Waals surface area contributed by atoms with E-state index < -0.39 is 12.1 Å². The van der Waals surface area contributed by atoms with Crippen molar-refractivity contribution < 1.29 is 14.3 Å². The summed E-state index contributed by atoms with van der Waals surface area (Å²) in [4.78, 5) is 23.6. The number of carbonyl (C=O) groups is 2. The van der Waals surface area contributed by atoms with E-state index in [1.165, 1.54) is 0 Å². The van der Waals surface area contributed by atoms with Crippen LogP contribution >= 0.6 is 0 Å². The Kier molecular flexibility index (Phi) is 6.82. The SMILES string of the molecule is C#CCNC(=O)[C@@H](NC(=O)OCc1ccccc1)C(C)C. The first-order valence-corrected chi connectivity index (χ1v) is 6.73. The number of amides is 2. The largest absolute Gasteiger partial charge is 0.445 e. The molecule has 1 rings (SSSR count). The van der Waals surface area contributed by atoms with Crippen LogP contribution in [-0.2, 0) is 16.1 Å². The number of benzene rings is 1. The molecule has 1 atom stereocenters. The molecule has 1 aromatic rings. The van der Waals surface area contributed by atoms with Gasteiger partial charge in [-0.15, -0.1) is 6.42 Å². The molecule has 0 aromatic heterocycles. The Morgan fingerprint density at radius 3 is 2.52 bits per heavy atom. The quantitative estimate of drug-likeness (QED) is 0.783. The normalized spacial score (nSPS) is 11.3. The van der Waals surface area contributed by atoms with Crippen LogP contribution in [0.5, 0.6) is 0 Å². The maximum absolute atomic E-state index is 11.9. The van der Waals surface area contributed by atoms with Gasteiger partial charge in [0.25, 0.3) is 0 Å². The zero-order chi connectivity index (χ0) is 15.7. The van der Waals surface area contributed by atoms with Gasteiger partial charge in [0.1, 0.15) is 12.6 Å². The molecule has 0 spiro atoms. The van der Waals surface area contributed by atoms with E-state index in [9.17, 15) is 9.59 Å². The average molecular weight is 288 g/mol. The summed E-state index contributed by atoms with van der Waals surface area (Å²) < 4.78 is 5.09. The Bertz CT molecular complexity index is 506. The minimum absolute atomic E-state index is 0.0768. The Labute approximate surface area is 125 Å². The topological polar surface area (TPSA) is 67.4 Å². The molecule has 0 saturated heterocycles. The van der Waals surface area contributed by atoms with Crippen LogP contribution in [0.2, 0.25) is 0 Å². The van der Waals surface area contributed by atoms with E-state index >= 15 is 0 Å². The van der Waals surface area contributed by atoms with Crippen molar-refractivity contribution in [3.8, 4) is 12.3 Å². The molecule has 0 aliphatic heterocycles. The highest BCUT2D eigenvalue weighted by Crippen LogP contribution is 2.04. The number of rotatable bonds is 6. The zero-order valence-corrected chi connectivity index (χ0v) is 12.3. The summed E-state index contributed by atoms with van der Waals surface area (Å²) in [5.74, 6) is 1.92. The number of hydrogen-bond donors (Lipinski definition) is 2. The van der Waals surface area contributed by atoms with Gasteiger partial charge in [-0.3, -0.25) is 4.79 Å². The lowest BCUT2D eigenvalue weighted by Gasteiger charge is -2.20. The summed E-state index contributed by atoms with van der Waals surface area (Å²) >= 11 is 0. The second kappa shape index (κ2) is 8.64. The molecule has 0 aliphatic carbocycles. The number of ether oxygens (including phenoxy) is 1. The molecule has 112 valence electrons. The molecule has 0 bridgehead atoms. The maximum atomic E-state index is 11.9. The number of nitrogens with one attached hydrogen (secondary N) is 2.